The molecular weight excluding hydrogens is 390 g/mol. The van der Waals surface area contributed by atoms with Crippen LogP contribution in [0.3, 0.4) is 0 Å². The first-order valence-electron chi connectivity index (χ1n) is 8.25. The molecule has 150 valence electrons. The van der Waals surface area contributed by atoms with Gasteiger partial charge in [-0.25, -0.2) is 9.59 Å². The van der Waals surface area contributed by atoms with Crippen molar-refractivity contribution in [1.82, 2.24) is 5.32 Å². The smallest absolute Gasteiger partial charge is 0.460 e. The fraction of sp³-hybridized carbons (Fsp3) is 0.333. The number of carbonyl (C=O) groups is 3. The molecule has 1 atom stereocenters. The highest BCUT2D eigenvalue weighted by Crippen LogP contribution is 2.16. The van der Waals surface area contributed by atoms with Crippen LogP contribution in [0, 0.1) is 6.92 Å². The number of hydrogen-bond acceptors (Lipinski definition) is 9. The van der Waals surface area contributed by atoms with Crippen LogP contribution in [-0.4, -0.2) is 29.0 Å². The van der Waals surface area contributed by atoms with Crippen LogP contribution in [0.15, 0.2) is 44.0 Å². The van der Waals surface area contributed by atoms with E-state index in [9.17, 15) is 19.2 Å². The lowest BCUT2D eigenvalue weighted by atomic mass is 10.2. The summed E-state index contributed by atoms with van der Waals surface area (Å²) < 4.78 is 19.3. The molecule has 1 heterocycles. The lowest BCUT2D eigenvalue weighted by Gasteiger charge is -2.11. The number of amides is 1. The Morgan fingerprint density at radius 1 is 1.11 bits per heavy atom. The van der Waals surface area contributed by atoms with E-state index in [1.54, 1.807) is 0 Å². The standard InChI is InChI=1S/C18H19NO8S/c1-11-14(27-17(22)26-11)10-25-18(23)28-12(2)16(21)19-8-15(20)24-9-13-6-4-3-5-7-13/h3-7,12H,8-10H2,1-2H3,(H,19,21). The first-order valence-corrected chi connectivity index (χ1v) is 9.13. The van der Waals surface area contributed by atoms with Gasteiger partial charge in [0, 0.05) is 0 Å². The number of carbonyl (C=O) groups excluding carboxylic acids is 3. The van der Waals surface area contributed by atoms with Gasteiger partial charge in [0.25, 0.3) is 0 Å². The minimum absolute atomic E-state index is 0.0946. The molecule has 1 aromatic carbocycles. The van der Waals surface area contributed by atoms with E-state index in [4.69, 9.17) is 13.9 Å². The fourth-order valence-corrected chi connectivity index (χ4v) is 2.56. The van der Waals surface area contributed by atoms with Gasteiger partial charge in [-0.2, -0.15) is 0 Å². The third-order valence-corrected chi connectivity index (χ3v) is 4.33. The van der Waals surface area contributed by atoms with E-state index in [0.717, 1.165) is 5.56 Å². The van der Waals surface area contributed by atoms with Crippen molar-refractivity contribution in [2.75, 3.05) is 6.54 Å². The fourth-order valence-electron chi connectivity index (χ4n) is 1.95. The lowest BCUT2D eigenvalue weighted by molar-refractivity contribution is -0.145. The van der Waals surface area contributed by atoms with Crippen molar-refractivity contribution < 1.29 is 32.7 Å². The van der Waals surface area contributed by atoms with Crippen LogP contribution in [-0.2, 0) is 32.3 Å². The number of thioether (sulfide) groups is 1. The summed E-state index contributed by atoms with van der Waals surface area (Å²) in [7, 11) is 0. The predicted octanol–water partition coefficient (Wildman–Crippen LogP) is 2.16. The molecule has 0 spiro atoms. The monoisotopic (exact) mass is 409 g/mol. The summed E-state index contributed by atoms with van der Waals surface area (Å²) in [6, 6.07) is 9.12. The van der Waals surface area contributed by atoms with E-state index in [-0.39, 0.29) is 31.3 Å². The number of benzene rings is 1. The zero-order valence-corrected chi connectivity index (χ0v) is 16.1. The Morgan fingerprint density at radius 3 is 2.46 bits per heavy atom. The molecule has 1 amide bonds. The maximum atomic E-state index is 12.0. The molecule has 0 aliphatic carbocycles. The highest BCUT2D eigenvalue weighted by molar-refractivity contribution is 8.14. The third-order valence-electron chi connectivity index (χ3n) is 3.45. The Hall–Kier alpha value is -3.01. The summed E-state index contributed by atoms with van der Waals surface area (Å²) in [5.74, 6) is -1.70. The summed E-state index contributed by atoms with van der Waals surface area (Å²) in [5.41, 5.74) is 0.831. The van der Waals surface area contributed by atoms with Crippen LogP contribution < -0.4 is 11.1 Å². The average Bonchev–Trinajstić information content (AvgIpc) is 3.00. The van der Waals surface area contributed by atoms with Gasteiger partial charge in [-0.3, -0.25) is 9.59 Å². The molecular formula is C18H19NO8S. The van der Waals surface area contributed by atoms with Crippen LogP contribution >= 0.6 is 11.8 Å². The largest absolute Gasteiger partial charge is 0.519 e. The second-order valence-electron chi connectivity index (χ2n) is 5.60. The Morgan fingerprint density at radius 2 is 1.82 bits per heavy atom. The van der Waals surface area contributed by atoms with E-state index in [1.807, 2.05) is 30.3 Å². The molecule has 9 nitrogen and oxygen atoms in total. The van der Waals surface area contributed by atoms with Crippen molar-refractivity contribution in [2.45, 2.75) is 32.3 Å². The molecule has 1 unspecified atom stereocenters. The number of nitrogens with one attached hydrogen (secondary N) is 1. The average molecular weight is 409 g/mol. The van der Waals surface area contributed by atoms with Crippen LogP contribution in [0.2, 0.25) is 0 Å². The van der Waals surface area contributed by atoms with Gasteiger partial charge in [0.1, 0.15) is 13.2 Å². The molecule has 0 aliphatic rings. The van der Waals surface area contributed by atoms with Gasteiger partial charge in [0.2, 0.25) is 5.91 Å². The summed E-state index contributed by atoms with van der Waals surface area (Å²) >= 11 is 0.626. The molecule has 0 saturated heterocycles. The highest BCUT2D eigenvalue weighted by Gasteiger charge is 2.20. The minimum Gasteiger partial charge on any atom is -0.460 e. The molecule has 0 fully saturated rings. The summed E-state index contributed by atoms with van der Waals surface area (Å²) in [6.45, 7) is 2.48. The normalized spacial score (nSPS) is 11.5. The molecule has 2 rings (SSSR count). The maximum Gasteiger partial charge on any atom is 0.519 e. The molecule has 0 saturated carbocycles. The van der Waals surface area contributed by atoms with Crippen molar-refractivity contribution in [3.8, 4) is 0 Å². The number of aryl methyl sites for hydroxylation is 1. The molecule has 2 aromatic rings. The van der Waals surface area contributed by atoms with Gasteiger partial charge >= 0.3 is 17.1 Å². The van der Waals surface area contributed by atoms with Crippen LogP contribution in [0.5, 0.6) is 0 Å². The quantitative estimate of drug-likeness (QED) is 0.653. The predicted molar refractivity (Wildman–Crippen MR) is 98.5 cm³/mol. The molecule has 28 heavy (non-hydrogen) atoms. The van der Waals surface area contributed by atoms with E-state index in [2.05, 4.69) is 9.73 Å². The number of esters is 1. The SMILES string of the molecule is Cc1oc(=O)oc1COC(=O)SC(C)C(=O)NCC(=O)OCc1ccccc1. The Balaban J connectivity index is 1.67. The second-order valence-corrected chi connectivity index (χ2v) is 6.87. The maximum absolute atomic E-state index is 12.0. The summed E-state index contributed by atoms with van der Waals surface area (Å²) in [6.07, 6.45) is 0. The van der Waals surface area contributed by atoms with Crippen LogP contribution in [0.25, 0.3) is 0 Å². The highest BCUT2D eigenvalue weighted by atomic mass is 32.2. The third kappa shape index (κ3) is 6.95. The first-order chi connectivity index (χ1) is 13.3. The van der Waals surface area contributed by atoms with Gasteiger partial charge in [-0.05, 0) is 31.2 Å². The number of hydrogen-bond donors (Lipinski definition) is 1. The Bertz CT molecular complexity index is 873. The number of ether oxygens (including phenoxy) is 2. The minimum atomic E-state index is -0.886. The summed E-state index contributed by atoms with van der Waals surface area (Å²) in [5, 5.41) is 0.856. The van der Waals surface area contributed by atoms with Crippen molar-refractivity contribution in [2.24, 2.45) is 0 Å². The number of rotatable bonds is 8. The van der Waals surface area contributed by atoms with E-state index in [0.29, 0.717) is 11.8 Å². The zero-order valence-electron chi connectivity index (χ0n) is 15.3. The molecule has 1 aromatic heterocycles. The topological polar surface area (TPSA) is 125 Å². The second kappa shape index (κ2) is 10.4. The van der Waals surface area contributed by atoms with Crippen molar-refractivity contribution in [3.05, 3.63) is 58.0 Å². The molecule has 10 heteroatoms. The Labute approximate surface area is 164 Å². The van der Waals surface area contributed by atoms with Gasteiger partial charge in [-0.1, -0.05) is 30.3 Å². The van der Waals surface area contributed by atoms with Gasteiger partial charge in [0.05, 0.1) is 5.25 Å². The van der Waals surface area contributed by atoms with Crippen molar-refractivity contribution >= 4 is 28.9 Å². The van der Waals surface area contributed by atoms with Crippen LogP contribution in [0.4, 0.5) is 4.79 Å². The van der Waals surface area contributed by atoms with Crippen LogP contribution in [0.1, 0.15) is 24.0 Å². The lowest BCUT2D eigenvalue weighted by Crippen LogP contribution is -2.36. The van der Waals surface area contributed by atoms with Crippen molar-refractivity contribution in [3.63, 3.8) is 0 Å². The zero-order chi connectivity index (χ0) is 20.5. The molecule has 0 bridgehead atoms. The van der Waals surface area contributed by atoms with Crippen molar-refractivity contribution in [1.29, 1.82) is 0 Å². The van der Waals surface area contributed by atoms with Gasteiger partial charge in [0.15, 0.2) is 18.1 Å². The van der Waals surface area contributed by atoms with Gasteiger partial charge in [-0.15, -0.1) is 0 Å². The summed E-state index contributed by atoms with van der Waals surface area (Å²) in [4.78, 5) is 46.3. The molecule has 1 N–H and O–H groups in total. The van der Waals surface area contributed by atoms with E-state index in [1.165, 1.54) is 13.8 Å². The molecule has 0 aliphatic heterocycles. The van der Waals surface area contributed by atoms with E-state index < -0.39 is 28.3 Å². The van der Waals surface area contributed by atoms with Gasteiger partial charge < -0.3 is 23.6 Å². The Kier molecular flexibility index (Phi) is 7.88. The van der Waals surface area contributed by atoms with E-state index >= 15 is 0 Å². The molecule has 0 radical (unpaired) electrons. The first kappa shape index (κ1) is 21.3.